The minimum atomic E-state index is -2.96. The number of halogens is 2. The predicted molar refractivity (Wildman–Crippen MR) is 63.8 cm³/mol. The van der Waals surface area contributed by atoms with Gasteiger partial charge in [0.05, 0.1) is 11.5 Å². The molecule has 0 aliphatic carbocycles. The monoisotopic (exact) mass is 277 g/mol. The Hall–Kier alpha value is -1.44. The minimum absolute atomic E-state index is 0.0810. The SMILES string of the molecule is Nc1nc(NCC2CCS(=O)(=O)C2)c(F)cc1F. The highest BCUT2D eigenvalue weighted by Gasteiger charge is 2.27. The Bertz CT molecular complexity index is 562. The fourth-order valence-electron chi connectivity index (χ4n) is 1.88. The zero-order chi connectivity index (χ0) is 13.3. The van der Waals surface area contributed by atoms with E-state index in [1.54, 1.807) is 0 Å². The maximum absolute atomic E-state index is 13.3. The first-order chi connectivity index (χ1) is 8.37. The third-order valence-electron chi connectivity index (χ3n) is 2.84. The molecule has 1 aliphatic heterocycles. The number of rotatable bonds is 3. The third kappa shape index (κ3) is 2.87. The van der Waals surface area contributed by atoms with Gasteiger partial charge in [0.2, 0.25) is 0 Å². The molecule has 8 heteroatoms. The second-order valence-electron chi connectivity index (χ2n) is 4.34. The highest BCUT2D eigenvalue weighted by atomic mass is 32.2. The number of pyridine rings is 1. The molecule has 3 N–H and O–H groups in total. The van der Waals surface area contributed by atoms with Gasteiger partial charge in [-0.2, -0.15) is 0 Å². The van der Waals surface area contributed by atoms with Crippen LogP contribution >= 0.6 is 0 Å². The standard InChI is InChI=1S/C10H13F2N3O2S/c11-7-3-8(12)10(15-9(7)13)14-4-6-1-2-18(16,17)5-6/h3,6H,1-2,4-5H2,(H3,13,14,15). The van der Waals surface area contributed by atoms with Gasteiger partial charge in [-0.1, -0.05) is 0 Å². The van der Waals surface area contributed by atoms with Crippen LogP contribution in [0.1, 0.15) is 6.42 Å². The van der Waals surface area contributed by atoms with Crippen molar-refractivity contribution in [3.8, 4) is 0 Å². The number of hydrogen-bond donors (Lipinski definition) is 2. The molecule has 1 atom stereocenters. The van der Waals surface area contributed by atoms with Gasteiger partial charge < -0.3 is 11.1 Å². The third-order valence-corrected chi connectivity index (χ3v) is 4.68. The number of aromatic nitrogens is 1. The average molecular weight is 277 g/mol. The Labute approximate surface area is 103 Å². The lowest BCUT2D eigenvalue weighted by molar-refractivity contribution is 0.573. The van der Waals surface area contributed by atoms with E-state index >= 15 is 0 Å². The van der Waals surface area contributed by atoms with Crippen LogP contribution in [0.5, 0.6) is 0 Å². The number of anilines is 2. The van der Waals surface area contributed by atoms with Gasteiger partial charge in [0.15, 0.2) is 33.1 Å². The maximum Gasteiger partial charge on any atom is 0.168 e. The van der Waals surface area contributed by atoms with E-state index in [9.17, 15) is 17.2 Å². The molecule has 100 valence electrons. The number of sulfone groups is 1. The summed E-state index contributed by atoms with van der Waals surface area (Å²) in [6, 6.07) is 0.649. The van der Waals surface area contributed by atoms with Crippen LogP contribution in [0.25, 0.3) is 0 Å². The van der Waals surface area contributed by atoms with Gasteiger partial charge in [-0.05, 0) is 12.3 Å². The molecule has 0 aromatic carbocycles. The highest BCUT2D eigenvalue weighted by Crippen LogP contribution is 2.21. The summed E-state index contributed by atoms with van der Waals surface area (Å²) in [4.78, 5) is 3.54. The quantitative estimate of drug-likeness (QED) is 0.853. The summed E-state index contributed by atoms with van der Waals surface area (Å²) >= 11 is 0. The lowest BCUT2D eigenvalue weighted by atomic mass is 10.1. The van der Waals surface area contributed by atoms with Crippen LogP contribution < -0.4 is 11.1 Å². The van der Waals surface area contributed by atoms with Crippen molar-refractivity contribution in [2.24, 2.45) is 5.92 Å². The van der Waals surface area contributed by atoms with Gasteiger partial charge in [0.1, 0.15) is 0 Å². The van der Waals surface area contributed by atoms with Crippen molar-refractivity contribution in [3.63, 3.8) is 0 Å². The maximum atomic E-state index is 13.3. The molecule has 0 saturated carbocycles. The first kappa shape index (κ1) is 13.0. The molecule has 1 saturated heterocycles. The molecule has 1 aromatic rings. The van der Waals surface area contributed by atoms with Gasteiger partial charge in [-0.15, -0.1) is 0 Å². The van der Waals surface area contributed by atoms with Crippen molar-refractivity contribution in [1.29, 1.82) is 0 Å². The normalized spacial score (nSPS) is 22.0. The van der Waals surface area contributed by atoms with Crippen molar-refractivity contribution < 1.29 is 17.2 Å². The molecule has 1 aliphatic rings. The molecule has 2 rings (SSSR count). The lowest BCUT2D eigenvalue weighted by Crippen LogP contribution is -2.17. The Morgan fingerprint density at radius 1 is 1.44 bits per heavy atom. The van der Waals surface area contributed by atoms with E-state index in [-0.39, 0.29) is 29.8 Å². The molecular formula is C10H13F2N3O2S. The van der Waals surface area contributed by atoms with Crippen molar-refractivity contribution in [2.45, 2.75) is 6.42 Å². The smallest absolute Gasteiger partial charge is 0.168 e. The Morgan fingerprint density at radius 2 is 2.17 bits per heavy atom. The molecule has 1 unspecified atom stereocenters. The van der Waals surface area contributed by atoms with Crippen LogP contribution in [0.2, 0.25) is 0 Å². The number of nitrogens with two attached hydrogens (primary N) is 1. The van der Waals surface area contributed by atoms with Crippen LogP contribution in [0.4, 0.5) is 20.4 Å². The molecule has 0 spiro atoms. The lowest BCUT2D eigenvalue weighted by Gasteiger charge is -2.11. The summed E-state index contributed by atoms with van der Waals surface area (Å²) in [5.74, 6) is -2.15. The van der Waals surface area contributed by atoms with E-state index in [0.29, 0.717) is 12.5 Å². The van der Waals surface area contributed by atoms with E-state index in [2.05, 4.69) is 10.3 Å². The summed E-state index contributed by atoms with van der Waals surface area (Å²) in [6.07, 6.45) is 0.535. The van der Waals surface area contributed by atoms with Gasteiger partial charge in [-0.3, -0.25) is 0 Å². The molecule has 0 bridgehead atoms. The Morgan fingerprint density at radius 3 is 2.78 bits per heavy atom. The zero-order valence-electron chi connectivity index (χ0n) is 9.49. The van der Waals surface area contributed by atoms with E-state index in [1.165, 1.54) is 0 Å². The molecule has 0 radical (unpaired) electrons. The number of nitrogen functional groups attached to an aromatic ring is 1. The number of hydrogen-bond acceptors (Lipinski definition) is 5. The Kier molecular flexibility index (Phi) is 3.38. The topological polar surface area (TPSA) is 85.1 Å². The fraction of sp³-hybridized carbons (Fsp3) is 0.500. The van der Waals surface area contributed by atoms with Crippen molar-refractivity contribution in [2.75, 3.05) is 29.1 Å². The molecule has 18 heavy (non-hydrogen) atoms. The summed E-state index contributed by atoms with van der Waals surface area (Å²) in [5, 5.41) is 2.66. The largest absolute Gasteiger partial charge is 0.381 e. The zero-order valence-corrected chi connectivity index (χ0v) is 10.3. The van der Waals surface area contributed by atoms with Gasteiger partial charge >= 0.3 is 0 Å². The van der Waals surface area contributed by atoms with Crippen LogP contribution in [0, 0.1) is 17.6 Å². The van der Waals surface area contributed by atoms with Crippen LogP contribution in [0.15, 0.2) is 6.07 Å². The number of nitrogens with one attached hydrogen (secondary N) is 1. The van der Waals surface area contributed by atoms with Crippen molar-refractivity contribution >= 4 is 21.5 Å². The van der Waals surface area contributed by atoms with E-state index < -0.39 is 27.3 Å². The average Bonchev–Trinajstić information content (AvgIpc) is 2.62. The Balaban J connectivity index is 2.01. The number of nitrogens with zero attached hydrogens (tertiary/aromatic N) is 1. The predicted octanol–water partition coefficient (Wildman–Crippen LogP) is 0.789. The summed E-state index contributed by atoms with van der Waals surface area (Å²) in [6.45, 7) is 0.272. The van der Waals surface area contributed by atoms with Crippen LogP contribution in [-0.2, 0) is 9.84 Å². The van der Waals surface area contributed by atoms with Crippen LogP contribution in [0.3, 0.4) is 0 Å². The summed E-state index contributed by atoms with van der Waals surface area (Å²) in [5.41, 5.74) is 5.23. The van der Waals surface area contributed by atoms with E-state index in [0.717, 1.165) is 0 Å². The van der Waals surface area contributed by atoms with E-state index in [1.807, 2.05) is 0 Å². The first-order valence-corrected chi connectivity index (χ1v) is 7.25. The molecule has 0 amide bonds. The van der Waals surface area contributed by atoms with Gasteiger partial charge in [-0.25, -0.2) is 22.2 Å². The van der Waals surface area contributed by atoms with Gasteiger partial charge in [0.25, 0.3) is 0 Å². The molecular weight excluding hydrogens is 264 g/mol. The van der Waals surface area contributed by atoms with Gasteiger partial charge in [0, 0.05) is 12.6 Å². The molecule has 5 nitrogen and oxygen atoms in total. The minimum Gasteiger partial charge on any atom is -0.381 e. The molecule has 1 fully saturated rings. The summed E-state index contributed by atoms with van der Waals surface area (Å²) in [7, 11) is -2.96. The van der Waals surface area contributed by atoms with E-state index in [4.69, 9.17) is 5.73 Å². The van der Waals surface area contributed by atoms with Crippen molar-refractivity contribution in [1.82, 2.24) is 4.98 Å². The summed E-state index contributed by atoms with van der Waals surface area (Å²) < 4.78 is 48.6. The first-order valence-electron chi connectivity index (χ1n) is 5.43. The highest BCUT2D eigenvalue weighted by molar-refractivity contribution is 7.91. The second kappa shape index (κ2) is 4.68. The molecule has 1 aromatic heterocycles. The van der Waals surface area contributed by atoms with Crippen molar-refractivity contribution in [3.05, 3.63) is 17.7 Å². The van der Waals surface area contributed by atoms with Crippen LogP contribution in [-0.4, -0.2) is 31.5 Å². The fourth-order valence-corrected chi connectivity index (χ4v) is 3.74. The second-order valence-corrected chi connectivity index (χ2v) is 6.56. The molecule has 2 heterocycles.